The number of carboxylic acid groups (broad SMARTS) is 1. The Balaban J connectivity index is 2.57. The number of carboxylic acids is 1. The van der Waals surface area contributed by atoms with E-state index in [9.17, 15) is 9.59 Å². The van der Waals surface area contributed by atoms with E-state index in [0.717, 1.165) is 12.8 Å². The molecule has 0 aliphatic carbocycles. The van der Waals surface area contributed by atoms with Crippen LogP contribution in [-0.4, -0.2) is 38.7 Å². The number of aromatic nitrogens is 3. The molecule has 0 saturated heterocycles. The first-order valence-electron chi connectivity index (χ1n) is 5.79. The van der Waals surface area contributed by atoms with Crippen molar-refractivity contribution in [2.45, 2.75) is 33.6 Å². The van der Waals surface area contributed by atoms with E-state index in [0.29, 0.717) is 5.82 Å². The Morgan fingerprint density at radius 2 is 2.11 bits per heavy atom. The van der Waals surface area contributed by atoms with Crippen molar-refractivity contribution in [3.63, 3.8) is 0 Å². The molecular weight excluding hydrogens is 236 g/mol. The van der Waals surface area contributed by atoms with E-state index >= 15 is 0 Å². The third-order valence-corrected chi connectivity index (χ3v) is 2.49. The van der Waals surface area contributed by atoms with Gasteiger partial charge in [-0.1, -0.05) is 6.92 Å². The summed E-state index contributed by atoms with van der Waals surface area (Å²) in [7, 11) is 0. The molecule has 0 radical (unpaired) electrons. The minimum absolute atomic E-state index is 0.0266. The van der Waals surface area contributed by atoms with Gasteiger partial charge < -0.3 is 10.4 Å². The highest BCUT2D eigenvalue weighted by Crippen LogP contribution is 2.13. The number of carbonyl (C=O) groups is 2. The SMILES string of the molecule is CCCc1nc(C(=O)NCC(C)(C)C(=O)O)n[nH]1. The number of amides is 1. The van der Waals surface area contributed by atoms with Gasteiger partial charge in [-0.15, -0.1) is 5.10 Å². The number of nitrogens with zero attached hydrogens (tertiary/aromatic N) is 2. The van der Waals surface area contributed by atoms with Gasteiger partial charge in [0.25, 0.3) is 5.91 Å². The molecule has 0 aliphatic rings. The first kappa shape index (κ1) is 14.1. The quantitative estimate of drug-likeness (QED) is 0.688. The molecule has 0 aromatic carbocycles. The second-order valence-corrected chi connectivity index (χ2v) is 4.73. The first-order valence-corrected chi connectivity index (χ1v) is 5.79. The molecule has 1 amide bonds. The van der Waals surface area contributed by atoms with Crippen LogP contribution < -0.4 is 5.32 Å². The van der Waals surface area contributed by atoms with Crippen LogP contribution in [0.1, 0.15) is 43.6 Å². The highest BCUT2D eigenvalue weighted by atomic mass is 16.4. The molecule has 18 heavy (non-hydrogen) atoms. The van der Waals surface area contributed by atoms with Crippen LogP contribution in [0, 0.1) is 5.41 Å². The summed E-state index contributed by atoms with van der Waals surface area (Å²) < 4.78 is 0. The number of rotatable bonds is 6. The molecule has 0 bridgehead atoms. The first-order chi connectivity index (χ1) is 8.36. The molecule has 7 heteroatoms. The van der Waals surface area contributed by atoms with Gasteiger partial charge in [0.1, 0.15) is 5.82 Å². The van der Waals surface area contributed by atoms with Gasteiger partial charge in [-0.3, -0.25) is 14.7 Å². The molecule has 1 rings (SSSR count). The molecule has 1 aromatic rings. The third-order valence-electron chi connectivity index (χ3n) is 2.49. The Morgan fingerprint density at radius 3 is 2.67 bits per heavy atom. The van der Waals surface area contributed by atoms with Crippen LogP contribution >= 0.6 is 0 Å². The summed E-state index contributed by atoms with van der Waals surface area (Å²) in [5, 5.41) is 17.9. The average Bonchev–Trinajstić information content (AvgIpc) is 2.75. The number of aromatic amines is 1. The van der Waals surface area contributed by atoms with E-state index in [4.69, 9.17) is 5.11 Å². The number of nitrogens with one attached hydrogen (secondary N) is 2. The van der Waals surface area contributed by atoms with Gasteiger partial charge in [-0.25, -0.2) is 4.98 Å². The molecule has 1 aromatic heterocycles. The Hall–Kier alpha value is -1.92. The molecule has 0 fully saturated rings. The predicted octanol–water partition coefficient (Wildman–Crippen LogP) is 0.598. The second kappa shape index (κ2) is 5.61. The minimum Gasteiger partial charge on any atom is -0.481 e. The topological polar surface area (TPSA) is 108 Å². The van der Waals surface area contributed by atoms with Gasteiger partial charge in [0.2, 0.25) is 5.82 Å². The zero-order valence-corrected chi connectivity index (χ0v) is 10.8. The fourth-order valence-corrected chi connectivity index (χ4v) is 1.20. The lowest BCUT2D eigenvalue weighted by Crippen LogP contribution is -2.39. The number of H-pyrrole nitrogens is 1. The van der Waals surface area contributed by atoms with Crippen molar-refractivity contribution >= 4 is 11.9 Å². The highest BCUT2D eigenvalue weighted by molar-refractivity contribution is 5.90. The molecule has 7 nitrogen and oxygen atoms in total. The summed E-state index contributed by atoms with van der Waals surface area (Å²) in [5.41, 5.74) is -1.02. The molecule has 100 valence electrons. The Kier molecular flexibility index (Phi) is 4.41. The predicted molar refractivity (Wildman–Crippen MR) is 64.1 cm³/mol. The maximum absolute atomic E-state index is 11.7. The molecule has 0 atom stereocenters. The van der Waals surface area contributed by atoms with Gasteiger partial charge in [0.15, 0.2) is 0 Å². The smallest absolute Gasteiger partial charge is 0.310 e. The van der Waals surface area contributed by atoms with Crippen molar-refractivity contribution < 1.29 is 14.7 Å². The fraction of sp³-hybridized carbons (Fsp3) is 0.636. The number of hydrogen-bond acceptors (Lipinski definition) is 4. The van der Waals surface area contributed by atoms with Crippen molar-refractivity contribution in [3.05, 3.63) is 11.6 Å². The Labute approximate surface area is 105 Å². The fourth-order valence-electron chi connectivity index (χ4n) is 1.20. The van der Waals surface area contributed by atoms with E-state index < -0.39 is 17.3 Å². The van der Waals surface area contributed by atoms with Crippen LogP contribution in [0.25, 0.3) is 0 Å². The van der Waals surface area contributed by atoms with Crippen LogP contribution in [0.4, 0.5) is 0 Å². The average molecular weight is 254 g/mol. The molecule has 0 aliphatic heterocycles. The largest absolute Gasteiger partial charge is 0.481 e. The monoisotopic (exact) mass is 254 g/mol. The van der Waals surface area contributed by atoms with Gasteiger partial charge >= 0.3 is 5.97 Å². The summed E-state index contributed by atoms with van der Waals surface area (Å²) >= 11 is 0. The van der Waals surface area contributed by atoms with Crippen molar-refractivity contribution in [3.8, 4) is 0 Å². The number of aliphatic carboxylic acids is 1. The van der Waals surface area contributed by atoms with Crippen LogP contribution in [0.3, 0.4) is 0 Å². The van der Waals surface area contributed by atoms with E-state index in [1.807, 2.05) is 6.92 Å². The number of aryl methyl sites for hydroxylation is 1. The molecule has 3 N–H and O–H groups in total. The summed E-state index contributed by atoms with van der Waals surface area (Å²) in [4.78, 5) is 26.6. The van der Waals surface area contributed by atoms with Crippen LogP contribution in [-0.2, 0) is 11.2 Å². The molecule has 0 unspecified atom stereocenters. The Bertz CT molecular complexity index is 439. The summed E-state index contributed by atoms with van der Waals surface area (Å²) in [6.45, 7) is 5.10. The lowest BCUT2D eigenvalue weighted by Gasteiger charge is -2.18. The zero-order chi connectivity index (χ0) is 13.8. The lowest BCUT2D eigenvalue weighted by molar-refractivity contribution is -0.146. The van der Waals surface area contributed by atoms with Gasteiger partial charge in [0, 0.05) is 13.0 Å². The maximum atomic E-state index is 11.7. The maximum Gasteiger partial charge on any atom is 0.310 e. The summed E-state index contributed by atoms with van der Waals surface area (Å²) in [5.74, 6) is -0.743. The van der Waals surface area contributed by atoms with Crippen molar-refractivity contribution in [1.82, 2.24) is 20.5 Å². The highest BCUT2D eigenvalue weighted by Gasteiger charge is 2.28. The van der Waals surface area contributed by atoms with E-state index in [1.54, 1.807) is 0 Å². The van der Waals surface area contributed by atoms with Gasteiger partial charge in [0.05, 0.1) is 5.41 Å². The molecule has 0 spiro atoms. The minimum atomic E-state index is -1.02. The van der Waals surface area contributed by atoms with E-state index in [-0.39, 0.29) is 12.4 Å². The summed E-state index contributed by atoms with van der Waals surface area (Å²) in [6.07, 6.45) is 1.63. The van der Waals surface area contributed by atoms with Gasteiger partial charge in [-0.2, -0.15) is 0 Å². The Morgan fingerprint density at radius 1 is 1.44 bits per heavy atom. The molecule has 1 heterocycles. The van der Waals surface area contributed by atoms with E-state index in [2.05, 4.69) is 20.5 Å². The summed E-state index contributed by atoms with van der Waals surface area (Å²) in [6, 6.07) is 0. The molecule has 0 saturated carbocycles. The third kappa shape index (κ3) is 3.54. The second-order valence-electron chi connectivity index (χ2n) is 4.73. The number of carbonyl (C=O) groups excluding carboxylic acids is 1. The standard InChI is InChI=1S/C11H18N4O3/c1-4-5-7-13-8(15-14-7)9(16)12-6-11(2,3)10(17)18/h4-6H2,1-3H3,(H,12,16)(H,17,18)(H,13,14,15). The van der Waals surface area contributed by atoms with Crippen molar-refractivity contribution in [2.75, 3.05) is 6.54 Å². The zero-order valence-electron chi connectivity index (χ0n) is 10.8. The molecular formula is C11H18N4O3. The van der Waals surface area contributed by atoms with Gasteiger partial charge in [-0.05, 0) is 20.3 Å². The van der Waals surface area contributed by atoms with Crippen LogP contribution in [0.2, 0.25) is 0 Å². The van der Waals surface area contributed by atoms with E-state index in [1.165, 1.54) is 13.8 Å². The lowest BCUT2D eigenvalue weighted by atomic mass is 9.94. The van der Waals surface area contributed by atoms with Crippen LogP contribution in [0.15, 0.2) is 0 Å². The van der Waals surface area contributed by atoms with Crippen molar-refractivity contribution in [1.29, 1.82) is 0 Å². The normalized spacial score (nSPS) is 11.3. The number of hydrogen-bond donors (Lipinski definition) is 3. The van der Waals surface area contributed by atoms with Crippen LogP contribution in [0.5, 0.6) is 0 Å². The van der Waals surface area contributed by atoms with Crippen molar-refractivity contribution in [2.24, 2.45) is 5.41 Å².